The number of carbonyl (C=O) groups is 1. The third kappa shape index (κ3) is 5.06. The van der Waals surface area contributed by atoms with Gasteiger partial charge in [-0.25, -0.2) is 22.0 Å². The lowest BCUT2D eigenvalue weighted by Gasteiger charge is -2.32. The Balaban J connectivity index is 1.94. The smallest absolute Gasteiger partial charge is 0.255 e. The van der Waals surface area contributed by atoms with E-state index in [1.54, 1.807) is 0 Å². The number of anilines is 1. The number of piperidine rings is 1. The number of hydrogen-bond donors (Lipinski definition) is 2. The molecule has 9 nitrogen and oxygen atoms in total. The number of amides is 1. The van der Waals surface area contributed by atoms with E-state index >= 15 is 0 Å². The van der Waals surface area contributed by atoms with Gasteiger partial charge in [0.25, 0.3) is 5.91 Å². The summed E-state index contributed by atoms with van der Waals surface area (Å²) in [7, 11) is -6.44. The maximum atomic E-state index is 13.3. The highest BCUT2D eigenvalue weighted by atomic mass is 32.2. The minimum absolute atomic E-state index is 0.0880. The molecule has 1 unspecified atom stereocenters. The highest BCUT2D eigenvalue weighted by Crippen LogP contribution is 2.32. The van der Waals surface area contributed by atoms with E-state index in [0.29, 0.717) is 6.54 Å². The largest absolute Gasteiger partial charge is 0.495 e. The van der Waals surface area contributed by atoms with Gasteiger partial charge in [-0.1, -0.05) is 12.5 Å². The van der Waals surface area contributed by atoms with Crippen molar-refractivity contribution in [1.82, 2.24) is 4.31 Å². The highest BCUT2D eigenvalue weighted by molar-refractivity contribution is 7.89. The fraction of sp³-hybridized carbons (Fsp3) is 0.350. The van der Waals surface area contributed by atoms with Crippen molar-refractivity contribution in [2.45, 2.75) is 42.0 Å². The summed E-state index contributed by atoms with van der Waals surface area (Å²) in [5.41, 5.74) is 0.298. The lowest BCUT2D eigenvalue weighted by molar-refractivity contribution is 0.102. The first-order valence-electron chi connectivity index (χ1n) is 9.68. The van der Waals surface area contributed by atoms with Gasteiger partial charge in [-0.3, -0.25) is 4.79 Å². The molecule has 1 amide bonds. The third-order valence-electron chi connectivity index (χ3n) is 5.17. The van der Waals surface area contributed by atoms with Crippen LogP contribution >= 0.6 is 0 Å². The number of nitrogens with one attached hydrogen (secondary N) is 1. The summed E-state index contributed by atoms with van der Waals surface area (Å²) in [5.74, 6) is -0.456. The first-order chi connectivity index (χ1) is 14.5. The molecule has 0 radical (unpaired) electrons. The molecule has 0 saturated carbocycles. The van der Waals surface area contributed by atoms with Gasteiger partial charge in [0.2, 0.25) is 20.0 Å². The van der Waals surface area contributed by atoms with Crippen LogP contribution in [0, 0.1) is 0 Å². The van der Waals surface area contributed by atoms with Crippen molar-refractivity contribution in [3.8, 4) is 5.75 Å². The standard InChI is InChI=1S/C20H25N3O6S2/c1-14-6-3-4-11-23(14)31(27,28)19-12-15(9-10-18(19)29-2)20(24)22-16-7-5-8-17(13-16)30(21,25)26/h5,7-10,12-14H,3-4,6,11H2,1-2H3,(H,22,24)(H2,21,25,26). The molecule has 1 saturated heterocycles. The first kappa shape index (κ1) is 23.2. The summed E-state index contributed by atoms with van der Waals surface area (Å²) < 4.78 is 56.3. The first-order valence-corrected chi connectivity index (χ1v) is 12.7. The molecular weight excluding hydrogens is 442 g/mol. The Morgan fingerprint density at radius 2 is 1.87 bits per heavy atom. The molecule has 1 fully saturated rings. The molecule has 2 aromatic carbocycles. The number of hydrogen-bond acceptors (Lipinski definition) is 6. The number of carbonyl (C=O) groups excluding carboxylic acids is 1. The molecular formula is C20H25N3O6S2. The van der Waals surface area contributed by atoms with E-state index in [9.17, 15) is 21.6 Å². The number of nitrogens with zero attached hydrogens (tertiary/aromatic N) is 1. The van der Waals surface area contributed by atoms with Crippen LogP contribution < -0.4 is 15.2 Å². The van der Waals surface area contributed by atoms with E-state index in [1.165, 1.54) is 53.9 Å². The molecule has 1 heterocycles. The van der Waals surface area contributed by atoms with Gasteiger partial charge in [-0.15, -0.1) is 0 Å². The molecule has 31 heavy (non-hydrogen) atoms. The molecule has 0 spiro atoms. The van der Waals surface area contributed by atoms with Gasteiger partial charge in [-0.2, -0.15) is 4.31 Å². The Morgan fingerprint density at radius 3 is 2.52 bits per heavy atom. The van der Waals surface area contributed by atoms with Crippen molar-refractivity contribution in [1.29, 1.82) is 0 Å². The second-order valence-electron chi connectivity index (χ2n) is 7.35. The summed E-state index contributed by atoms with van der Waals surface area (Å²) in [6.45, 7) is 2.27. The summed E-state index contributed by atoms with van der Waals surface area (Å²) in [5, 5.41) is 7.69. The van der Waals surface area contributed by atoms with Gasteiger partial charge < -0.3 is 10.1 Å². The van der Waals surface area contributed by atoms with E-state index in [4.69, 9.17) is 9.88 Å². The Morgan fingerprint density at radius 1 is 1.13 bits per heavy atom. The summed E-state index contributed by atoms with van der Waals surface area (Å²) >= 11 is 0. The maximum absolute atomic E-state index is 13.3. The van der Waals surface area contributed by atoms with Crippen LogP contribution in [0.5, 0.6) is 5.75 Å². The van der Waals surface area contributed by atoms with Gasteiger partial charge in [0.1, 0.15) is 10.6 Å². The van der Waals surface area contributed by atoms with Crippen molar-refractivity contribution in [2.75, 3.05) is 19.0 Å². The SMILES string of the molecule is COc1ccc(C(=O)Nc2cccc(S(N)(=O)=O)c2)cc1S(=O)(=O)N1CCCCC1C. The molecule has 0 aliphatic carbocycles. The summed E-state index contributed by atoms with van der Waals surface area (Å²) in [6, 6.07) is 9.47. The molecule has 11 heteroatoms. The van der Waals surface area contributed by atoms with Crippen molar-refractivity contribution < 1.29 is 26.4 Å². The zero-order valence-electron chi connectivity index (χ0n) is 17.2. The predicted molar refractivity (Wildman–Crippen MR) is 116 cm³/mol. The Bertz CT molecular complexity index is 1200. The van der Waals surface area contributed by atoms with Crippen molar-refractivity contribution in [2.24, 2.45) is 5.14 Å². The molecule has 1 atom stereocenters. The highest BCUT2D eigenvalue weighted by Gasteiger charge is 2.33. The minimum Gasteiger partial charge on any atom is -0.495 e. The number of ether oxygens (including phenoxy) is 1. The molecule has 3 N–H and O–H groups in total. The van der Waals surface area contributed by atoms with Crippen LogP contribution in [0.15, 0.2) is 52.3 Å². The minimum atomic E-state index is -3.93. The number of sulfonamides is 2. The lowest BCUT2D eigenvalue weighted by atomic mass is 10.1. The van der Waals surface area contributed by atoms with Crippen molar-refractivity contribution in [3.63, 3.8) is 0 Å². The van der Waals surface area contributed by atoms with Gasteiger partial charge in [-0.05, 0) is 56.2 Å². The zero-order valence-corrected chi connectivity index (χ0v) is 18.9. The van der Waals surface area contributed by atoms with Crippen LogP contribution in [0.3, 0.4) is 0 Å². The van der Waals surface area contributed by atoms with Gasteiger partial charge >= 0.3 is 0 Å². The van der Waals surface area contributed by atoms with Crippen LogP contribution in [-0.4, -0.2) is 46.7 Å². The van der Waals surface area contributed by atoms with Gasteiger partial charge in [0, 0.05) is 23.8 Å². The Labute approximate surface area is 182 Å². The van der Waals surface area contributed by atoms with Crippen LogP contribution in [0.25, 0.3) is 0 Å². The number of methoxy groups -OCH3 is 1. The van der Waals surface area contributed by atoms with E-state index in [-0.39, 0.29) is 32.8 Å². The Kier molecular flexibility index (Phi) is 6.70. The summed E-state index contributed by atoms with van der Waals surface area (Å²) in [4.78, 5) is 12.5. The van der Waals surface area contributed by atoms with Gasteiger partial charge in [0.15, 0.2) is 0 Å². The van der Waals surface area contributed by atoms with Crippen LogP contribution in [0.1, 0.15) is 36.5 Å². The van der Waals surface area contributed by atoms with E-state index < -0.39 is 26.0 Å². The molecule has 3 rings (SSSR count). The number of benzene rings is 2. The average Bonchev–Trinajstić information content (AvgIpc) is 2.73. The van der Waals surface area contributed by atoms with E-state index in [0.717, 1.165) is 19.3 Å². The van der Waals surface area contributed by atoms with Crippen molar-refractivity contribution in [3.05, 3.63) is 48.0 Å². The number of primary sulfonamides is 1. The summed E-state index contributed by atoms with van der Waals surface area (Å²) in [6.07, 6.45) is 2.50. The fourth-order valence-electron chi connectivity index (χ4n) is 3.53. The fourth-order valence-corrected chi connectivity index (χ4v) is 5.97. The molecule has 1 aliphatic heterocycles. The van der Waals surface area contributed by atoms with Gasteiger partial charge in [0.05, 0.1) is 12.0 Å². The Hall–Kier alpha value is -2.47. The number of rotatable bonds is 6. The topological polar surface area (TPSA) is 136 Å². The molecule has 0 bridgehead atoms. The second-order valence-corrected chi connectivity index (χ2v) is 10.8. The number of nitrogens with two attached hydrogens (primary N) is 1. The van der Waals surface area contributed by atoms with Crippen LogP contribution in [-0.2, 0) is 20.0 Å². The quantitative estimate of drug-likeness (QED) is 0.668. The zero-order chi connectivity index (χ0) is 22.8. The second kappa shape index (κ2) is 8.95. The molecule has 2 aromatic rings. The molecule has 1 aliphatic rings. The lowest BCUT2D eigenvalue weighted by Crippen LogP contribution is -2.42. The average molecular weight is 468 g/mol. The molecule has 0 aromatic heterocycles. The van der Waals surface area contributed by atoms with E-state index in [1.807, 2.05) is 6.92 Å². The molecule has 168 valence electrons. The van der Waals surface area contributed by atoms with Crippen molar-refractivity contribution >= 4 is 31.6 Å². The van der Waals surface area contributed by atoms with Crippen LogP contribution in [0.4, 0.5) is 5.69 Å². The van der Waals surface area contributed by atoms with E-state index in [2.05, 4.69) is 5.32 Å². The van der Waals surface area contributed by atoms with Crippen LogP contribution in [0.2, 0.25) is 0 Å². The third-order valence-corrected chi connectivity index (χ3v) is 8.12. The normalized spacial score (nSPS) is 17.8. The predicted octanol–water partition coefficient (Wildman–Crippen LogP) is 2.16. The maximum Gasteiger partial charge on any atom is 0.255 e. The monoisotopic (exact) mass is 467 g/mol.